The molecule has 1 aliphatic heterocycles. The lowest BCUT2D eigenvalue weighted by Crippen LogP contribution is -2.39. The molecular weight excluding hydrogens is 346 g/mol. The lowest BCUT2D eigenvalue weighted by Gasteiger charge is -2.28. The maximum absolute atomic E-state index is 12.7. The Bertz CT molecular complexity index is 758. The van der Waals surface area contributed by atoms with Crippen molar-refractivity contribution in [3.05, 3.63) is 46.4 Å². The molecular formula is C20H25N3O2S. The highest BCUT2D eigenvalue weighted by atomic mass is 32.1. The highest BCUT2D eigenvalue weighted by Gasteiger charge is 2.27. The van der Waals surface area contributed by atoms with E-state index < -0.39 is 0 Å². The third-order valence-electron chi connectivity index (χ3n) is 4.81. The van der Waals surface area contributed by atoms with E-state index in [1.807, 2.05) is 48.4 Å². The quantitative estimate of drug-likeness (QED) is 0.810. The summed E-state index contributed by atoms with van der Waals surface area (Å²) in [6, 6.07) is 8.01. The Morgan fingerprint density at radius 3 is 2.92 bits per heavy atom. The molecule has 3 rings (SSSR count). The number of nitrogens with zero attached hydrogens (tertiary/aromatic N) is 2. The second-order valence-corrected chi connectivity index (χ2v) is 7.92. The molecule has 0 fully saturated rings. The Hall–Kier alpha value is -2.21. The molecule has 2 aromatic rings. The Kier molecular flexibility index (Phi) is 6.04. The molecule has 1 aromatic carbocycles. The van der Waals surface area contributed by atoms with Crippen molar-refractivity contribution in [2.45, 2.75) is 45.6 Å². The van der Waals surface area contributed by atoms with Crippen molar-refractivity contribution in [2.24, 2.45) is 5.92 Å². The maximum Gasteiger partial charge on any atom is 0.227 e. The van der Waals surface area contributed by atoms with Crippen molar-refractivity contribution < 1.29 is 9.59 Å². The predicted molar refractivity (Wildman–Crippen MR) is 104 cm³/mol. The summed E-state index contributed by atoms with van der Waals surface area (Å²) >= 11 is 1.62. The van der Waals surface area contributed by atoms with E-state index in [1.54, 1.807) is 17.5 Å². The summed E-state index contributed by atoms with van der Waals surface area (Å²) in [5.74, 6) is 0.000391. The monoisotopic (exact) mass is 371 g/mol. The number of carbonyl (C=O) groups excluding carboxylic acids is 2. The minimum absolute atomic E-state index is 0.0235. The molecule has 0 aliphatic carbocycles. The highest BCUT2D eigenvalue weighted by Crippen LogP contribution is 2.27. The van der Waals surface area contributed by atoms with Crippen LogP contribution in [0.5, 0.6) is 0 Å². The molecule has 0 saturated heterocycles. The first kappa shape index (κ1) is 18.6. The number of anilines is 1. The molecule has 0 radical (unpaired) electrons. The summed E-state index contributed by atoms with van der Waals surface area (Å²) < 4.78 is 0. The second kappa shape index (κ2) is 8.45. The van der Waals surface area contributed by atoms with Crippen LogP contribution in [0.4, 0.5) is 5.69 Å². The van der Waals surface area contributed by atoms with E-state index in [4.69, 9.17) is 0 Å². The summed E-state index contributed by atoms with van der Waals surface area (Å²) in [6.07, 6.45) is 4.26. The largest absolute Gasteiger partial charge is 0.340 e. The standard InChI is InChI=1S/C20H25N3O2S/c1-14(2)23(11-9-18-21-10-12-26-18)19(24)8-7-16-13-15-5-3-4-6-17(15)22-20(16)25/h3-6,10,12,14,16H,7-9,11,13H2,1-2H3,(H,22,25)/t16-/m0/s1. The van der Waals surface area contributed by atoms with Crippen LogP contribution in [-0.2, 0) is 22.4 Å². The molecule has 1 N–H and O–H groups in total. The van der Waals surface area contributed by atoms with Crippen LogP contribution < -0.4 is 5.32 Å². The lowest BCUT2D eigenvalue weighted by atomic mass is 9.89. The number of thiazole rings is 1. The van der Waals surface area contributed by atoms with Gasteiger partial charge in [-0.3, -0.25) is 9.59 Å². The fourth-order valence-corrected chi connectivity index (χ4v) is 3.96. The third-order valence-corrected chi connectivity index (χ3v) is 5.65. The molecule has 0 bridgehead atoms. The minimum Gasteiger partial charge on any atom is -0.340 e. The number of aromatic nitrogens is 1. The zero-order chi connectivity index (χ0) is 18.5. The van der Waals surface area contributed by atoms with Crippen molar-refractivity contribution in [2.75, 3.05) is 11.9 Å². The number of amides is 2. The van der Waals surface area contributed by atoms with Gasteiger partial charge in [-0.15, -0.1) is 11.3 Å². The number of nitrogens with one attached hydrogen (secondary N) is 1. The van der Waals surface area contributed by atoms with Crippen LogP contribution in [0.2, 0.25) is 0 Å². The van der Waals surface area contributed by atoms with Gasteiger partial charge >= 0.3 is 0 Å². The van der Waals surface area contributed by atoms with E-state index >= 15 is 0 Å². The van der Waals surface area contributed by atoms with Crippen LogP contribution in [0.15, 0.2) is 35.8 Å². The molecule has 0 unspecified atom stereocenters. The van der Waals surface area contributed by atoms with Gasteiger partial charge in [0.05, 0.1) is 5.01 Å². The van der Waals surface area contributed by atoms with Gasteiger partial charge in [0.1, 0.15) is 0 Å². The summed E-state index contributed by atoms with van der Waals surface area (Å²) in [4.78, 5) is 31.2. The van der Waals surface area contributed by atoms with Gasteiger partial charge < -0.3 is 10.2 Å². The predicted octanol–water partition coefficient (Wildman–Crippen LogP) is 3.51. The molecule has 2 heterocycles. The van der Waals surface area contributed by atoms with E-state index in [2.05, 4.69) is 10.3 Å². The molecule has 1 aliphatic rings. The van der Waals surface area contributed by atoms with Gasteiger partial charge in [-0.05, 0) is 38.3 Å². The van der Waals surface area contributed by atoms with Crippen LogP contribution in [0.1, 0.15) is 37.3 Å². The van der Waals surface area contributed by atoms with Crippen LogP contribution in [0.3, 0.4) is 0 Å². The first-order valence-electron chi connectivity index (χ1n) is 9.11. The van der Waals surface area contributed by atoms with E-state index in [0.29, 0.717) is 25.8 Å². The van der Waals surface area contributed by atoms with Crippen molar-refractivity contribution in [1.29, 1.82) is 0 Å². The number of fused-ring (bicyclic) bond motifs is 1. The van der Waals surface area contributed by atoms with Gasteiger partial charge in [0.15, 0.2) is 0 Å². The van der Waals surface area contributed by atoms with Crippen molar-refractivity contribution in [3.8, 4) is 0 Å². The van der Waals surface area contributed by atoms with Gasteiger partial charge in [0, 0.05) is 48.6 Å². The molecule has 1 atom stereocenters. The van der Waals surface area contributed by atoms with Crippen LogP contribution >= 0.6 is 11.3 Å². The first-order valence-corrected chi connectivity index (χ1v) is 9.99. The van der Waals surface area contributed by atoms with Crippen molar-refractivity contribution in [1.82, 2.24) is 9.88 Å². The Labute approximate surface area is 158 Å². The Morgan fingerprint density at radius 2 is 2.19 bits per heavy atom. The second-order valence-electron chi connectivity index (χ2n) is 6.94. The third kappa shape index (κ3) is 4.49. The van der Waals surface area contributed by atoms with E-state index in [9.17, 15) is 9.59 Å². The fourth-order valence-electron chi connectivity index (χ4n) is 3.35. The zero-order valence-corrected chi connectivity index (χ0v) is 16.1. The number of carbonyl (C=O) groups is 2. The molecule has 26 heavy (non-hydrogen) atoms. The summed E-state index contributed by atoms with van der Waals surface area (Å²) in [7, 11) is 0. The van der Waals surface area contributed by atoms with E-state index in [1.165, 1.54) is 0 Å². The summed E-state index contributed by atoms with van der Waals surface area (Å²) in [5, 5.41) is 5.96. The molecule has 0 saturated carbocycles. The average molecular weight is 372 g/mol. The van der Waals surface area contributed by atoms with Gasteiger partial charge in [-0.1, -0.05) is 18.2 Å². The highest BCUT2D eigenvalue weighted by molar-refractivity contribution is 7.09. The van der Waals surface area contributed by atoms with Crippen LogP contribution in [0.25, 0.3) is 0 Å². The minimum atomic E-state index is -0.137. The first-order chi connectivity index (χ1) is 12.5. The normalized spacial score (nSPS) is 16.3. The van der Waals surface area contributed by atoms with Crippen molar-refractivity contribution in [3.63, 3.8) is 0 Å². The summed E-state index contributed by atoms with van der Waals surface area (Å²) in [6.45, 7) is 4.73. The number of hydrogen-bond donors (Lipinski definition) is 1. The molecule has 0 spiro atoms. The number of para-hydroxylation sites is 1. The lowest BCUT2D eigenvalue weighted by molar-refractivity contribution is -0.133. The Morgan fingerprint density at radius 1 is 1.38 bits per heavy atom. The Balaban J connectivity index is 1.55. The van der Waals surface area contributed by atoms with Crippen LogP contribution in [0, 0.1) is 5.92 Å². The summed E-state index contributed by atoms with van der Waals surface area (Å²) in [5.41, 5.74) is 2.04. The number of hydrogen-bond acceptors (Lipinski definition) is 4. The van der Waals surface area contributed by atoms with Gasteiger partial charge in [-0.2, -0.15) is 0 Å². The maximum atomic E-state index is 12.7. The van der Waals surface area contributed by atoms with Crippen molar-refractivity contribution >= 4 is 28.8 Å². The zero-order valence-electron chi connectivity index (χ0n) is 15.3. The molecule has 5 nitrogen and oxygen atoms in total. The fraction of sp³-hybridized carbons (Fsp3) is 0.450. The molecule has 138 valence electrons. The van der Waals surface area contributed by atoms with E-state index in [-0.39, 0.29) is 23.8 Å². The molecule has 2 amide bonds. The van der Waals surface area contributed by atoms with E-state index in [0.717, 1.165) is 22.7 Å². The average Bonchev–Trinajstić information content (AvgIpc) is 3.13. The smallest absolute Gasteiger partial charge is 0.227 e. The number of benzene rings is 1. The van der Waals surface area contributed by atoms with Gasteiger partial charge in [0.25, 0.3) is 0 Å². The topological polar surface area (TPSA) is 62.3 Å². The van der Waals surface area contributed by atoms with Gasteiger partial charge in [0.2, 0.25) is 11.8 Å². The van der Waals surface area contributed by atoms with Crippen LogP contribution in [-0.4, -0.2) is 34.3 Å². The number of rotatable bonds is 7. The molecule has 1 aromatic heterocycles. The molecule has 6 heteroatoms. The van der Waals surface area contributed by atoms with Gasteiger partial charge in [-0.25, -0.2) is 4.98 Å². The SMILES string of the molecule is CC(C)N(CCc1nccs1)C(=O)CC[C@H]1Cc2ccccc2NC1=O.